The fourth-order valence-corrected chi connectivity index (χ4v) is 1.80. The van der Waals surface area contributed by atoms with E-state index in [4.69, 9.17) is 15.3 Å². The van der Waals surface area contributed by atoms with E-state index >= 15 is 0 Å². The Balaban J connectivity index is 2.50. The van der Waals surface area contributed by atoms with Gasteiger partial charge in [0, 0.05) is 17.9 Å². The first-order valence-electron chi connectivity index (χ1n) is 5.26. The third kappa shape index (κ3) is 1.82. The minimum atomic E-state index is 0.102. The van der Waals surface area contributed by atoms with Crippen LogP contribution >= 0.6 is 0 Å². The van der Waals surface area contributed by atoms with E-state index in [0.717, 1.165) is 22.5 Å². The van der Waals surface area contributed by atoms with Gasteiger partial charge in [-0.25, -0.2) is 0 Å². The smallest absolute Gasteiger partial charge is 0.138 e. The molecular weight excluding hydrogens is 202 g/mol. The molecule has 0 saturated carbocycles. The lowest BCUT2D eigenvalue weighted by molar-refractivity contribution is 0.300. The maximum atomic E-state index is 8.94. The molecule has 0 fully saturated rings. The highest BCUT2D eigenvalue weighted by molar-refractivity contribution is 5.77. The van der Waals surface area contributed by atoms with Gasteiger partial charge in [-0.05, 0) is 36.6 Å². The number of nitrogen functional groups attached to an aromatic ring is 1. The molecule has 3 N–H and O–H groups in total. The van der Waals surface area contributed by atoms with E-state index < -0.39 is 0 Å². The number of aliphatic hydroxyl groups is 1. The van der Waals surface area contributed by atoms with Crippen LogP contribution in [0.3, 0.4) is 0 Å². The Bertz CT molecular complexity index is 488. The molecule has 0 aliphatic rings. The van der Waals surface area contributed by atoms with Gasteiger partial charge in [-0.2, -0.15) is 0 Å². The van der Waals surface area contributed by atoms with Crippen LogP contribution in [0, 0.1) is 6.92 Å². The molecule has 0 atom stereocenters. The van der Waals surface area contributed by atoms with Crippen LogP contribution < -0.4 is 5.73 Å². The molecule has 0 aliphatic heterocycles. The van der Waals surface area contributed by atoms with Crippen molar-refractivity contribution in [1.29, 1.82) is 0 Å². The maximum Gasteiger partial charge on any atom is 0.138 e. The second-order valence-corrected chi connectivity index (χ2v) is 3.78. The molecule has 1 aromatic carbocycles. The molecular formula is C13H15NO2. The fraction of sp³-hybridized carbons (Fsp3) is 0.231. The summed E-state index contributed by atoms with van der Waals surface area (Å²) in [5.74, 6) is 0.803. The van der Waals surface area contributed by atoms with Crippen LogP contribution in [0.5, 0.6) is 0 Å². The molecule has 1 aromatic heterocycles. The van der Waals surface area contributed by atoms with Gasteiger partial charge >= 0.3 is 0 Å². The van der Waals surface area contributed by atoms with Gasteiger partial charge in [0.2, 0.25) is 0 Å². The third-order valence-corrected chi connectivity index (χ3v) is 2.68. The standard InChI is InChI=1S/C13H15NO2/c1-9-6-8-16-13(9)11-4-2-3-10(5-7-15)12(11)14/h2-4,6,8,15H,5,7,14H2,1H3. The second kappa shape index (κ2) is 4.41. The number of nitrogens with two attached hydrogens (primary N) is 1. The zero-order valence-electron chi connectivity index (χ0n) is 9.23. The van der Waals surface area contributed by atoms with Crippen LogP contribution in [-0.2, 0) is 6.42 Å². The largest absolute Gasteiger partial charge is 0.464 e. The number of furan rings is 1. The molecule has 2 aromatic rings. The number of benzene rings is 1. The predicted molar refractivity (Wildman–Crippen MR) is 64.1 cm³/mol. The molecule has 3 nitrogen and oxygen atoms in total. The van der Waals surface area contributed by atoms with Gasteiger partial charge < -0.3 is 15.3 Å². The number of rotatable bonds is 3. The van der Waals surface area contributed by atoms with Gasteiger partial charge in [0.1, 0.15) is 5.76 Å². The summed E-state index contributed by atoms with van der Waals surface area (Å²) in [6.07, 6.45) is 2.22. The van der Waals surface area contributed by atoms with Gasteiger partial charge in [-0.15, -0.1) is 0 Å². The van der Waals surface area contributed by atoms with E-state index in [0.29, 0.717) is 12.1 Å². The average molecular weight is 217 g/mol. The number of para-hydroxylation sites is 1. The van der Waals surface area contributed by atoms with E-state index in [2.05, 4.69) is 0 Å². The summed E-state index contributed by atoms with van der Waals surface area (Å²) in [4.78, 5) is 0. The number of anilines is 1. The van der Waals surface area contributed by atoms with Gasteiger partial charge in [-0.3, -0.25) is 0 Å². The molecule has 3 heteroatoms. The lowest BCUT2D eigenvalue weighted by Gasteiger charge is -2.09. The maximum absolute atomic E-state index is 8.94. The Labute approximate surface area is 94.5 Å². The van der Waals surface area contributed by atoms with E-state index in [9.17, 15) is 0 Å². The van der Waals surface area contributed by atoms with Gasteiger partial charge in [0.15, 0.2) is 0 Å². The van der Waals surface area contributed by atoms with Gasteiger partial charge in [-0.1, -0.05) is 12.1 Å². The van der Waals surface area contributed by atoms with Crippen LogP contribution in [0.2, 0.25) is 0 Å². The summed E-state index contributed by atoms with van der Waals surface area (Å²) in [7, 11) is 0. The van der Waals surface area contributed by atoms with Crippen LogP contribution in [0.4, 0.5) is 5.69 Å². The predicted octanol–water partition coefficient (Wildman–Crippen LogP) is 2.37. The molecule has 0 radical (unpaired) electrons. The van der Waals surface area contributed by atoms with Crippen molar-refractivity contribution >= 4 is 5.69 Å². The van der Waals surface area contributed by atoms with E-state index in [1.54, 1.807) is 6.26 Å². The van der Waals surface area contributed by atoms with Crippen LogP contribution in [0.25, 0.3) is 11.3 Å². The van der Waals surface area contributed by atoms with Gasteiger partial charge in [0.25, 0.3) is 0 Å². The molecule has 2 rings (SSSR count). The Hall–Kier alpha value is -1.74. The van der Waals surface area contributed by atoms with Crippen LogP contribution in [0.1, 0.15) is 11.1 Å². The SMILES string of the molecule is Cc1ccoc1-c1cccc(CCO)c1N. The molecule has 0 unspecified atom stereocenters. The van der Waals surface area contributed by atoms with Crippen molar-refractivity contribution in [1.82, 2.24) is 0 Å². The molecule has 0 bridgehead atoms. The highest BCUT2D eigenvalue weighted by Gasteiger charge is 2.11. The Kier molecular flexibility index (Phi) is 2.97. The molecule has 16 heavy (non-hydrogen) atoms. The number of aryl methyl sites for hydroxylation is 1. The third-order valence-electron chi connectivity index (χ3n) is 2.68. The van der Waals surface area contributed by atoms with E-state index in [-0.39, 0.29) is 6.61 Å². The summed E-state index contributed by atoms with van der Waals surface area (Å²) < 4.78 is 5.42. The van der Waals surface area contributed by atoms with E-state index in [1.165, 1.54) is 0 Å². The average Bonchev–Trinajstić information content (AvgIpc) is 2.68. The Morgan fingerprint density at radius 3 is 2.75 bits per heavy atom. The summed E-state index contributed by atoms with van der Waals surface area (Å²) in [6, 6.07) is 7.70. The van der Waals surface area contributed by atoms with Crippen LogP contribution in [0.15, 0.2) is 34.9 Å². The monoisotopic (exact) mass is 217 g/mol. The topological polar surface area (TPSA) is 59.4 Å². The Morgan fingerprint density at radius 1 is 1.31 bits per heavy atom. The molecule has 0 saturated heterocycles. The molecule has 0 spiro atoms. The Morgan fingerprint density at radius 2 is 2.12 bits per heavy atom. The van der Waals surface area contributed by atoms with Crippen molar-refractivity contribution in [3.05, 3.63) is 41.7 Å². The normalized spacial score (nSPS) is 10.6. The first-order valence-corrected chi connectivity index (χ1v) is 5.26. The summed E-state index contributed by atoms with van der Waals surface area (Å²) in [5, 5.41) is 8.94. The molecule has 0 aliphatic carbocycles. The first kappa shape index (κ1) is 10.8. The zero-order valence-corrected chi connectivity index (χ0v) is 9.23. The number of hydrogen-bond acceptors (Lipinski definition) is 3. The quantitative estimate of drug-likeness (QED) is 0.776. The number of hydrogen-bond donors (Lipinski definition) is 2. The minimum absolute atomic E-state index is 0.102. The highest BCUT2D eigenvalue weighted by Crippen LogP contribution is 2.31. The van der Waals surface area contributed by atoms with Crippen molar-refractivity contribution in [2.24, 2.45) is 0 Å². The van der Waals surface area contributed by atoms with Crippen molar-refractivity contribution < 1.29 is 9.52 Å². The zero-order chi connectivity index (χ0) is 11.5. The summed E-state index contributed by atoms with van der Waals surface area (Å²) in [5.41, 5.74) is 9.66. The van der Waals surface area contributed by atoms with Crippen molar-refractivity contribution in [2.45, 2.75) is 13.3 Å². The van der Waals surface area contributed by atoms with Crippen molar-refractivity contribution in [3.63, 3.8) is 0 Å². The summed E-state index contributed by atoms with van der Waals surface area (Å²) in [6.45, 7) is 2.09. The van der Waals surface area contributed by atoms with Crippen molar-refractivity contribution in [3.8, 4) is 11.3 Å². The lowest BCUT2D eigenvalue weighted by atomic mass is 10.0. The second-order valence-electron chi connectivity index (χ2n) is 3.78. The highest BCUT2D eigenvalue weighted by atomic mass is 16.3. The molecule has 84 valence electrons. The summed E-state index contributed by atoms with van der Waals surface area (Å²) >= 11 is 0. The minimum Gasteiger partial charge on any atom is -0.464 e. The fourth-order valence-electron chi connectivity index (χ4n) is 1.80. The lowest BCUT2D eigenvalue weighted by Crippen LogP contribution is -1.99. The molecule has 0 amide bonds. The van der Waals surface area contributed by atoms with Crippen LogP contribution in [-0.4, -0.2) is 11.7 Å². The van der Waals surface area contributed by atoms with E-state index in [1.807, 2.05) is 31.2 Å². The first-order chi connectivity index (χ1) is 7.74. The van der Waals surface area contributed by atoms with Gasteiger partial charge in [0.05, 0.1) is 6.26 Å². The number of aliphatic hydroxyl groups excluding tert-OH is 1. The van der Waals surface area contributed by atoms with Crippen molar-refractivity contribution in [2.75, 3.05) is 12.3 Å². The molecule has 1 heterocycles.